The fourth-order valence-electron chi connectivity index (χ4n) is 2.05. The first-order chi connectivity index (χ1) is 8.25. The highest BCUT2D eigenvalue weighted by Crippen LogP contribution is 2.21. The van der Waals surface area contributed by atoms with Crippen LogP contribution >= 0.6 is 0 Å². The van der Waals surface area contributed by atoms with E-state index in [1.165, 1.54) is 0 Å². The third kappa shape index (κ3) is 1.71. The van der Waals surface area contributed by atoms with E-state index in [-0.39, 0.29) is 0 Å². The monoisotopic (exact) mass is 239 g/mol. The van der Waals surface area contributed by atoms with E-state index in [0.717, 1.165) is 30.4 Å². The zero-order chi connectivity index (χ0) is 11.8. The van der Waals surface area contributed by atoms with E-state index in [0.29, 0.717) is 11.5 Å². The molecule has 0 saturated carbocycles. The van der Waals surface area contributed by atoms with Crippen molar-refractivity contribution in [3.8, 4) is 0 Å². The molecule has 0 bridgehead atoms. The van der Waals surface area contributed by atoms with E-state index < -0.39 is 12.2 Å². The van der Waals surface area contributed by atoms with Gasteiger partial charge in [-0.3, -0.25) is 0 Å². The Morgan fingerprint density at radius 1 is 1.12 bits per heavy atom. The number of fused-ring (bicyclic) bond motifs is 1. The van der Waals surface area contributed by atoms with Crippen LogP contribution in [0.5, 0.6) is 0 Å². The third-order valence-electron chi connectivity index (χ3n) is 2.90. The maximum atomic E-state index is 12.7. The van der Waals surface area contributed by atoms with Gasteiger partial charge in [-0.25, -0.2) is 8.78 Å². The van der Waals surface area contributed by atoms with Crippen LogP contribution in [0.2, 0.25) is 0 Å². The van der Waals surface area contributed by atoms with Crippen molar-refractivity contribution in [3.05, 3.63) is 18.0 Å². The predicted molar refractivity (Wildman–Crippen MR) is 57.2 cm³/mol. The Morgan fingerprint density at radius 2 is 1.88 bits per heavy atom. The molecule has 0 aromatic carbocycles. The molecule has 0 unspecified atom stereocenters. The summed E-state index contributed by atoms with van der Waals surface area (Å²) in [6.45, 7) is 1.84. The lowest BCUT2D eigenvalue weighted by Gasteiger charge is -2.15. The molecule has 3 heterocycles. The zero-order valence-corrected chi connectivity index (χ0v) is 9.05. The van der Waals surface area contributed by atoms with E-state index >= 15 is 0 Å². The standard InChI is InChI=1S/C10H11F2N5/c11-9(12)10-14-13-7-3-4-8(15-17(7)10)16-5-1-2-6-16/h3-4,9H,1-2,5-6H2. The smallest absolute Gasteiger partial charge is 0.299 e. The molecule has 7 heteroatoms. The van der Waals surface area contributed by atoms with Gasteiger partial charge in [-0.2, -0.15) is 4.52 Å². The van der Waals surface area contributed by atoms with E-state index in [2.05, 4.69) is 20.2 Å². The van der Waals surface area contributed by atoms with Crippen LogP contribution in [0.25, 0.3) is 5.65 Å². The van der Waals surface area contributed by atoms with Gasteiger partial charge in [-0.05, 0) is 25.0 Å². The first kappa shape index (κ1) is 10.4. The average molecular weight is 239 g/mol. The maximum absolute atomic E-state index is 12.7. The molecule has 5 nitrogen and oxygen atoms in total. The van der Waals surface area contributed by atoms with Crippen LogP contribution in [0.15, 0.2) is 12.1 Å². The first-order valence-electron chi connectivity index (χ1n) is 5.51. The minimum absolute atomic E-state index is 0.350. The molecule has 2 aromatic heterocycles. The van der Waals surface area contributed by atoms with Crippen molar-refractivity contribution in [1.82, 2.24) is 19.8 Å². The summed E-state index contributed by atoms with van der Waals surface area (Å²) in [5.41, 5.74) is 0.350. The summed E-state index contributed by atoms with van der Waals surface area (Å²) in [4.78, 5) is 2.08. The summed E-state index contributed by atoms with van der Waals surface area (Å²) in [6.07, 6.45) is -0.431. The Labute approximate surface area is 96.1 Å². The summed E-state index contributed by atoms with van der Waals surface area (Å²) >= 11 is 0. The average Bonchev–Trinajstić information content (AvgIpc) is 2.97. The summed E-state index contributed by atoms with van der Waals surface area (Å²) in [6, 6.07) is 3.46. The Balaban J connectivity index is 2.06. The fraction of sp³-hybridized carbons (Fsp3) is 0.500. The van der Waals surface area contributed by atoms with Gasteiger partial charge in [0.25, 0.3) is 6.43 Å². The number of halogens is 2. The zero-order valence-electron chi connectivity index (χ0n) is 9.05. The summed E-state index contributed by atoms with van der Waals surface area (Å²) in [5, 5.41) is 11.3. The van der Waals surface area contributed by atoms with Crippen molar-refractivity contribution in [2.45, 2.75) is 19.3 Å². The van der Waals surface area contributed by atoms with Crippen LogP contribution in [0, 0.1) is 0 Å². The number of aromatic nitrogens is 4. The van der Waals surface area contributed by atoms with Gasteiger partial charge >= 0.3 is 0 Å². The van der Waals surface area contributed by atoms with Gasteiger partial charge in [-0.1, -0.05) is 0 Å². The second-order valence-electron chi connectivity index (χ2n) is 4.01. The van der Waals surface area contributed by atoms with Gasteiger partial charge in [0.15, 0.2) is 5.65 Å². The van der Waals surface area contributed by atoms with E-state index in [4.69, 9.17) is 0 Å². The third-order valence-corrected chi connectivity index (χ3v) is 2.90. The molecule has 0 aliphatic carbocycles. The molecule has 90 valence electrons. The lowest BCUT2D eigenvalue weighted by molar-refractivity contribution is 0.137. The molecule has 17 heavy (non-hydrogen) atoms. The molecule has 0 spiro atoms. The molecule has 1 aliphatic rings. The predicted octanol–water partition coefficient (Wildman–Crippen LogP) is 1.66. The Morgan fingerprint density at radius 3 is 2.59 bits per heavy atom. The van der Waals surface area contributed by atoms with Crippen molar-refractivity contribution >= 4 is 11.5 Å². The van der Waals surface area contributed by atoms with Gasteiger partial charge < -0.3 is 4.90 Å². The van der Waals surface area contributed by atoms with Gasteiger partial charge in [0.05, 0.1) is 0 Å². The van der Waals surface area contributed by atoms with Crippen LogP contribution in [0.4, 0.5) is 14.6 Å². The molecule has 3 rings (SSSR count). The second-order valence-corrected chi connectivity index (χ2v) is 4.01. The Hall–Kier alpha value is -1.79. The molecule has 0 amide bonds. The molecule has 0 N–H and O–H groups in total. The minimum atomic E-state index is -2.66. The van der Waals surface area contributed by atoms with Gasteiger partial charge in [0.2, 0.25) is 5.82 Å². The molecular weight excluding hydrogens is 228 g/mol. The van der Waals surface area contributed by atoms with E-state index in [1.54, 1.807) is 12.1 Å². The van der Waals surface area contributed by atoms with Crippen LogP contribution in [-0.4, -0.2) is 32.9 Å². The number of anilines is 1. The van der Waals surface area contributed by atoms with Crippen LogP contribution in [-0.2, 0) is 0 Å². The number of hydrogen-bond acceptors (Lipinski definition) is 4. The first-order valence-corrected chi connectivity index (χ1v) is 5.51. The van der Waals surface area contributed by atoms with Gasteiger partial charge in [-0.15, -0.1) is 15.3 Å². The van der Waals surface area contributed by atoms with Crippen molar-refractivity contribution in [3.63, 3.8) is 0 Å². The highest BCUT2D eigenvalue weighted by molar-refractivity contribution is 5.46. The van der Waals surface area contributed by atoms with Crippen molar-refractivity contribution in [1.29, 1.82) is 0 Å². The van der Waals surface area contributed by atoms with Crippen LogP contribution in [0.1, 0.15) is 25.1 Å². The van der Waals surface area contributed by atoms with Crippen molar-refractivity contribution in [2.75, 3.05) is 18.0 Å². The van der Waals surface area contributed by atoms with Gasteiger partial charge in [0, 0.05) is 13.1 Å². The fourth-order valence-corrected chi connectivity index (χ4v) is 2.05. The largest absolute Gasteiger partial charge is 0.355 e. The molecule has 1 aliphatic heterocycles. The number of nitrogens with zero attached hydrogens (tertiary/aromatic N) is 5. The molecule has 1 saturated heterocycles. The van der Waals surface area contributed by atoms with Crippen molar-refractivity contribution < 1.29 is 8.78 Å². The van der Waals surface area contributed by atoms with E-state index in [9.17, 15) is 8.78 Å². The maximum Gasteiger partial charge on any atom is 0.299 e. The summed E-state index contributed by atoms with van der Waals surface area (Å²) in [7, 11) is 0. The molecule has 1 fully saturated rings. The van der Waals surface area contributed by atoms with E-state index in [1.807, 2.05) is 0 Å². The lowest BCUT2D eigenvalue weighted by atomic mass is 10.4. The topological polar surface area (TPSA) is 46.3 Å². The quantitative estimate of drug-likeness (QED) is 0.799. The SMILES string of the molecule is FC(F)c1nnc2ccc(N3CCCC3)nn12. The summed E-state index contributed by atoms with van der Waals surface area (Å²) < 4.78 is 26.4. The molecule has 0 radical (unpaired) electrons. The highest BCUT2D eigenvalue weighted by Gasteiger charge is 2.19. The normalized spacial score (nSPS) is 16.3. The Bertz CT molecular complexity index is 532. The lowest BCUT2D eigenvalue weighted by Crippen LogP contribution is -2.20. The van der Waals surface area contributed by atoms with Gasteiger partial charge in [0.1, 0.15) is 5.82 Å². The molecule has 0 atom stereocenters. The van der Waals surface area contributed by atoms with Crippen LogP contribution < -0.4 is 4.90 Å². The highest BCUT2D eigenvalue weighted by atomic mass is 19.3. The number of hydrogen-bond donors (Lipinski definition) is 0. The Kier molecular flexibility index (Phi) is 2.38. The molecular formula is C10H11F2N5. The second kappa shape index (κ2) is 3.90. The van der Waals surface area contributed by atoms with Crippen LogP contribution in [0.3, 0.4) is 0 Å². The number of rotatable bonds is 2. The minimum Gasteiger partial charge on any atom is -0.355 e. The van der Waals surface area contributed by atoms with Crippen molar-refractivity contribution in [2.24, 2.45) is 0 Å². The molecule has 2 aromatic rings. The number of alkyl halides is 2. The summed E-state index contributed by atoms with van der Waals surface area (Å²) in [5.74, 6) is 0.303.